The maximum absolute atomic E-state index is 13.1. The molecule has 1 aliphatic carbocycles. The summed E-state index contributed by atoms with van der Waals surface area (Å²) in [5.41, 5.74) is 1.91. The number of nitrogens with one attached hydrogen (secondary N) is 1. The number of pyridine rings is 1. The van der Waals surface area contributed by atoms with Crippen molar-refractivity contribution < 1.29 is 17.9 Å². The molecule has 3 heterocycles. The lowest BCUT2D eigenvalue weighted by atomic mass is 10.2. The fourth-order valence-electron chi connectivity index (χ4n) is 4.33. The van der Waals surface area contributed by atoms with Gasteiger partial charge in [-0.1, -0.05) is 18.2 Å². The maximum Gasteiger partial charge on any atom is 0.407 e. The summed E-state index contributed by atoms with van der Waals surface area (Å²) >= 11 is 0. The lowest BCUT2D eigenvalue weighted by Crippen LogP contribution is -2.32. The predicted molar refractivity (Wildman–Crippen MR) is 114 cm³/mol. The van der Waals surface area contributed by atoms with E-state index < -0.39 is 16.1 Å². The van der Waals surface area contributed by atoms with Gasteiger partial charge in [-0.15, -0.1) is 0 Å². The third-order valence-corrected chi connectivity index (χ3v) is 7.50. The summed E-state index contributed by atoms with van der Waals surface area (Å²) < 4.78 is 34.3. The number of alkyl carbamates (subject to hydrolysis) is 1. The molecular weight excluding hydrogens is 418 g/mol. The summed E-state index contributed by atoms with van der Waals surface area (Å²) in [4.78, 5) is 20.6. The molecule has 0 saturated heterocycles. The molecule has 1 aliphatic rings. The number of aromatic nitrogens is 4. The number of hydrogen-bond acceptors (Lipinski definition) is 6. The molecule has 0 spiro atoms. The minimum absolute atomic E-state index is 0.0234. The van der Waals surface area contributed by atoms with E-state index in [0.29, 0.717) is 11.2 Å². The van der Waals surface area contributed by atoms with Gasteiger partial charge in [0.1, 0.15) is 5.52 Å². The van der Waals surface area contributed by atoms with E-state index in [-0.39, 0.29) is 17.0 Å². The standard InChI is InChI=1S/C21H21N5O4S/c1-30-21(27)24-14-7-8-15(11-14)25-13-23-18-12-22-20-17(19(18)25)9-10-26(20)31(28,29)16-5-3-2-4-6-16/h2-6,9-10,12-15H,7-8,11H2,1H3,(H,24,27)/t14-,15-/m1/s1. The monoisotopic (exact) mass is 439 g/mol. The number of rotatable bonds is 4. The normalized spacial score (nSPS) is 19.1. The number of benzene rings is 1. The van der Waals surface area contributed by atoms with Crippen molar-refractivity contribution in [3.8, 4) is 0 Å². The SMILES string of the molecule is COC(=O)N[C@@H]1CC[C@@H](n2cnc3cnc4c(ccn4S(=O)(=O)c4ccccc4)c32)C1. The Bertz CT molecular complexity index is 1380. The van der Waals surface area contributed by atoms with Crippen LogP contribution in [0.4, 0.5) is 4.79 Å². The van der Waals surface area contributed by atoms with Gasteiger partial charge in [0.15, 0.2) is 5.65 Å². The molecule has 0 aliphatic heterocycles. The van der Waals surface area contributed by atoms with E-state index in [1.807, 2.05) is 0 Å². The van der Waals surface area contributed by atoms with Gasteiger partial charge < -0.3 is 14.6 Å². The molecule has 2 atom stereocenters. The second-order valence-electron chi connectivity index (χ2n) is 7.61. The molecule has 3 aromatic heterocycles. The summed E-state index contributed by atoms with van der Waals surface area (Å²) in [6.07, 6.45) is 6.91. The minimum atomic E-state index is -3.77. The Morgan fingerprint density at radius 3 is 2.74 bits per heavy atom. The molecule has 1 N–H and O–H groups in total. The number of amides is 1. The lowest BCUT2D eigenvalue weighted by molar-refractivity contribution is 0.166. The van der Waals surface area contributed by atoms with E-state index in [2.05, 4.69) is 19.9 Å². The first-order valence-corrected chi connectivity index (χ1v) is 11.4. The Morgan fingerprint density at radius 2 is 1.97 bits per heavy atom. The van der Waals surface area contributed by atoms with Crippen LogP contribution >= 0.6 is 0 Å². The average Bonchev–Trinajstić information content (AvgIpc) is 3.51. The van der Waals surface area contributed by atoms with Crippen LogP contribution in [0.5, 0.6) is 0 Å². The van der Waals surface area contributed by atoms with E-state index >= 15 is 0 Å². The Balaban J connectivity index is 1.56. The first kappa shape index (κ1) is 19.6. The van der Waals surface area contributed by atoms with E-state index in [1.165, 1.54) is 17.3 Å². The van der Waals surface area contributed by atoms with E-state index in [4.69, 9.17) is 4.74 Å². The molecule has 0 radical (unpaired) electrons. The topological polar surface area (TPSA) is 108 Å². The number of ether oxygens (including phenoxy) is 1. The molecule has 1 amide bonds. The highest BCUT2D eigenvalue weighted by atomic mass is 32.2. The number of fused-ring (bicyclic) bond motifs is 3. The number of hydrogen-bond donors (Lipinski definition) is 1. The van der Waals surface area contributed by atoms with Crippen molar-refractivity contribution >= 4 is 38.2 Å². The van der Waals surface area contributed by atoms with Gasteiger partial charge in [-0.25, -0.2) is 27.2 Å². The number of imidazole rings is 1. The van der Waals surface area contributed by atoms with Crippen molar-refractivity contribution in [2.75, 3.05) is 7.11 Å². The minimum Gasteiger partial charge on any atom is -0.453 e. The summed E-state index contributed by atoms with van der Waals surface area (Å²) in [6.45, 7) is 0. The number of carbonyl (C=O) groups is 1. The van der Waals surface area contributed by atoms with E-state index in [0.717, 1.165) is 30.2 Å². The maximum atomic E-state index is 13.1. The molecule has 9 nitrogen and oxygen atoms in total. The van der Waals surface area contributed by atoms with Crippen LogP contribution in [0.25, 0.3) is 22.1 Å². The molecule has 5 rings (SSSR count). The van der Waals surface area contributed by atoms with Gasteiger partial charge in [0, 0.05) is 23.7 Å². The van der Waals surface area contributed by atoms with Crippen molar-refractivity contribution in [2.45, 2.75) is 36.2 Å². The highest BCUT2D eigenvalue weighted by molar-refractivity contribution is 7.90. The summed E-state index contributed by atoms with van der Waals surface area (Å²) in [7, 11) is -2.42. The second kappa shape index (κ2) is 7.38. The molecule has 1 fully saturated rings. The zero-order valence-corrected chi connectivity index (χ0v) is 17.6. The first-order valence-electron chi connectivity index (χ1n) is 9.96. The van der Waals surface area contributed by atoms with E-state index in [1.54, 1.807) is 48.9 Å². The van der Waals surface area contributed by atoms with Crippen LogP contribution in [0.1, 0.15) is 25.3 Å². The zero-order chi connectivity index (χ0) is 21.6. The van der Waals surface area contributed by atoms with Gasteiger partial charge >= 0.3 is 6.09 Å². The van der Waals surface area contributed by atoms with Gasteiger partial charge in [-0.2, -0.15) is 0 Å². The van der Waals surface area contributed by atoms with Crippen LogP contribution in [-0.4, -0.2) is 46.2 Å². The Morgan fingerprint density at radius 1 is 1.16 bits per heavy atom. The highest BCUT2D eigenvalue weighted by Gasteiger charge is 2.29. The zero-order valence-electron chi connectivity index (χ0n) is 16.8. The summed E-state index contributed by atoms with van der Waals surface area (Å²) in [6, 6.07) is 10.2. The van der Waals surface area contributed by atoms with Gasteiger partial charge in [-0.3, -0.25) is 0 Å². The fraction of sp³-hybridized carbons (Fsp3) is 0.286. The molecule has 4 aromatic rings. The molecular formula is C21H21N5O4S. The first-order chi connectivity index (χ1) is 15.0. The quantitative estimate of drug-likeness (QED) is 0.524. The molecule has 0 unspecified atom stereocenters. The van der Waals surface area contributed by atoms with Crippen LogP contribution in [0.3, 0.4) is 0 Å². The second-order valence-corrected chi connectivity index (χ2v) is 9.43. The van der Waals surface area contributed by atoms with Gasteiger partial charge in [0.05, 0.1) is 30.0 Å². The van der Waals surface area contributed by atoms with Crippen LogP contribution in [-0.2, 0) is 14.8 Å². The molecule has 160 valence electrons. The van der Waals surface area contributed by atoms with Crippen LogP contribution < -0.4 is 5.32 Å². The largest absolute Gasteiger partial charge is 0.453 e. The van der Waals surface area contributed by atoms with Gasteiger partial charge in [0.25, 0.3) is 10.0 Å². The summed E-state index contributed by atoms with van der Waals surface area (Å²) in [5, 5.41) is 3.58. The molecule has 1 aromatic carbocycles. The highest BCUT2D eigenvalue weighted by Crippen LogP contribution is 2.35. The molecule has 1 saturated carbocycles. The third-order valence-electron chi connectivity index (χ3n) is 5.82. The number of nitrogens with zero attached hydrogens (tertiary/aromatic N) is 4. The van der Waals surface area contributed by atoms with Gasteiger partial charge in [0.2, 0.25) is 0 Å². The van der Waals surface area contributed by atoms with Crippen molar-refractivity contribution in [1.82, 2.24) is 23.8 Å². The Labute approximate surface area is 178 Å². The molecule has 31 heavy (non-hydrogen) atoms. The van der Waals surface area contributed by atoms with Crippen LogP contribution in [0.15, 0.2) is 60.0 Å². The van der Waals surface area contributed by atoms with Gasteiger partial charge in [-0.05, 0) is 37.5 Å². The van der Waals surface area contributed by atoms with Crippen LogP contribution in [0.2, 0.25) is 0 Å². The van der Waals surface area contributed by atoms with Crippen molar-refractivity contribution in [1.29, 1.82) is 0 Å². The predicted octanol–water partition coefficient (Wildman–Crippen LogP) is 3.07. The van der Waals surface area contributed by atoms with Crippen molar-refractivity contribution in [3.05, 3.63) is 55.1 Å². The fourth-order valence-corrected chi connectivity index (χ4v) is 5.65. The van der Waals surface area contributed by atoms with E-state index in [9.17, 15) is 13.2 Å². The molecule has 10 heteroatoms. The third kappa shape index (κ3) is 3.23. The Hall–Kier alpha value is -3.40. The smallest absolute Gasteiger partial charge is 0.407 e. The van der Waals surface area contributed by atoms with Crippen LogP contribution in [0, 0.1) is 0 Å². The number of carbonyl (C=O) groups excluding carboxylic acids is 1. The molecule has 0 bridgehead atoms. The average molecular weight is 439 g/mol. The summed E-state index contributed by atoms with van der Waals surface area (Å²) in [5.74, 6) is 0. The lowest BCUT2D eigenvalue weighted by Gasteiger charge is -2.15. The Kier molecular flexibility index (Phi) is 4.66. The van der Waals surface area contributed by atoms with Crippen molar-refractivity contribution in [2.24, 2.45) is 0 Å². The number of methoxy groups -OCH3 is 1. The van der Waals surface area contributed by atoms with Crippen molar-refractivity contribution in [3.63, 3.8) is 0 Å².